The highest BCUT2D eigenvalue weighted by Crippen LogP contribution is 2.12. The molecule has 0 N–H and O–H groups in total. The minimum atomic E-state index is -0.446. The van der Waals surface area contributed by atoms with Crippen molar-refractivity contribution in [2.24, 2.45) is 0 Å². The van der Waals surface area contributed by atoms with Crippen molar-refractivity contribution in [2.75, 3.05) is 0 Å². The molecule has 6 heteroatoms. The first-order chi connectivity index (χ1) is 9.09. The van der Waals surface area contributed by atoms with Gasteiger partial charge < -0.3 is 17.0 Å². The Morgan fingerprint density at radius 2 is 1.85 bits per heavy atom. The zero-order valence-electron chi connectivity index (χ0n) is 10.8. The van der Waals surface area contributed by atoms with Gasteiger partial charge in [0, 0.05) is 24.6 Å². The Morgan fingerprint density at radius 1 is 1.20 bits per heavy atom. The highest BCUT2D eigenvalue weighted by atomic mass is 79.9. The second kappa shape index (κ2) is 6.91. The lowest BCUT2D eigenvalue weighted by molar-refractivity contribution is -0.691. The van der Waals surface area contributed by atoms with E-state index in [0.717, 1.165) is 0 Å². The monoisotopic (exact) mass is 336 g/mol. The van der Waals surface area contributed by atoms with E-state index in [0.29, 0.717) is 11.3 Å². The van der Waals surface area contributed by atoms with Crippen LogP contribution in [0.2, 0.25) is 0 Å². The van der Waals surface area contributed by atoms with Gasteiger partial charge in [-0.2, -0.15) is 4.57 Å². The third-order valence-corrected chi connectivity index (χ3v) is 2.93. The molecular formula is C14H13BrN2O3. The standard InChI is InChI=1S/C14H13N2O3.BrH/c1-11-13(16(18)19)8-5-9-15(11)10-14(17)12-6-3-2-4-7-12;/h2-9H,10H2,1H3;1H/q+1;/p-1. The summed E-state index contributed by atoms with van der Waals surface area (Å²) in [6.45, 7) is 1.73. The maximum absolute atomic E-state index is 12.1. The first kappa shape index (κ1) is 16.0. The molecule has 0 unspecified atom stereocenters. The maximum atomic E-state index is 12.1. The van der Waals surface area contributed by atoms with Crippen molar-refractivity contribution in [3.8, 4) is 0 Å². The quantitative estimate of drug-likeness (QED) is 0.314. The molecule has 0 aliphatic rings. The molecule has 0 fully saturated rings. The normalized spacial score (nSPS) is 9.65. The maximum Gasteiger partial charge on any atom is 0.335 e. The average Bonchev–Trinajstić information content (AvgIpc) is 2.41. The van der Waals surface area contributed by atoms with Gasteiger partial charge in [-0.1, -0.05) is 30.3 Å². The molecule has 5 nitrogen and oxygen atoms in total. The van der Waals surface area contributed by atoms with Crippen LogP contribution in [0.1, 0.15) is 16.1 Å². The van der Waals surface area contributed by atoms with Gasteiger partial charge in [-0.3, -0.25) is 14.9 Å². The van der Waals surface area contributed by atoms with Gasteiger partial charge in [-0.15, -0.1) is 0 Å². The topological polar surface area (TPSA) is 64.1 Å². The van der Waals surface area contributed by atoms with Gasteiger partial charge in [0.1, 0.15) is 0 Å². The van der Waals surface area contributed by atoms with Crippen molar-refractivity contribution in [1.29, 1.82) is 0 Å². The van der Waals surface area contributed by atoms with Gasteiger partial charge in [0.2, 0.25) is 12.3 Å². The van der Waals surface area contributed by atoms with Crippen LogP contribution in [0.4, 0.5) is 5.69 Å². The molecule has 0 saturated carbocycles. The lowest BCUT2D eigenvalue weighted by Crippen LogP contribution is -3.00. The molecule has 0 aliphatic heterocycles. The fraction of sp³-hybridized carbons (Fsp3) is 0.143. The Morgan fingerprint density at radius 3 is 2.45 bits per heavy atom. The number of benzene rings is 1. The number of aromatic nitrogens is 1. The lowest BCUT2D eigenvalue weighted by Gasteiger charge is -2.01. The van der Waals surface area contributed by atoms with Crippen molar-refractivity contribution in [3.63, 3.8) is 0 Å². The summed E-state index contributed by atoms with van der Waals surface area (Å²) in [5.41, 5.74) is 1.08. The van der Waals surface area contributed by atoms with Crippen LogP contribution >= 0.6 is 0 Å². The van der Waals surface area contributed by atoms with Crippen LogP contribution in [0.5, 0.6) is 0 Å². The number of hydrogen-bond acceptors (Lipinski definition) is 3. The number of hydrogen-bond donors (Lipinski definition) is 0. The van der Waals surface area contributed by atoms with E-state index in [2.05, 4.69) is 0 Å². The molecule has 0 spiro atoms. The van der Waals surface area contributed by atoms with E-state index in [1.165, 1.54) is 6.07 Å². The zero-order valence-corrected chi connectivity index (χ0v) is 12.4. The van der Waals surface area contributed by atoms with Crippen molar-refractivity contribution in [1.82, 2.24) is 0 Å². The molecule has 1 aromatic heterocycles. The second-order valence-electron chi connectivity index (χ2n) is 4.15. The molecule has 1 aromatic carbocycles. The third-order valence-electron chi connectivity index (χ3n) is 2.93. The van der Waals surface area contributed by atoms with Crippen LogP contribution in [0.15, 0.2) is 48.7 Å². The molecular weight excluding hydrogens is 324 g/mol. The summed E-state index contributed by atoms with van der Waals surface area (Å²) in [6.07, 6.45) is 1.67. The molecule has 0 bridgehead atoms. The van der Waals surface area contributed by atoms with E-state index >= 15 is 0 Å². The molecule has 0 atom stereocenters. The third kappa shape index (κ3) is 3.48. The number of nitrogens with zero attached hydrogens (tertiary/aromatic N) is 2. The zero-order chi connectivity index (χ0) is 13.8. The van der Waals surface area contributed by atoms with Crippen molar-refractivity contribution in [3.05, 3.63) is 70.0 Å². The molecule has 2 aromatic rings. The Hall–Kier alpha value is -2.08. The van der Waals surface area contributed by atoms with Crippen LogP contribution in [0.25, 0.3) is 0 Å². The summed E-state index contributed by atoms with van der Waals surface area (Å²) in [7, 11) is 0. The molecule has 1 heterocycles. The van der Waals surface area contributed by atoms with Crippen LogP contribution in [0.3, 0.4) is 0 Å². The van der Waals surface area contributed by atoms with Crippen molar-refractivity contribution in [2.45, 2.75) is 13.5 Å². The first-order valence-electron chi connectivity index (χ1n) is 5.81. The molecule has 0 amide bonds. The summed E-state index contributed by atoms with van der Waals surface area (Å²) < 4.78 is 1.59. The molecule has 0 radical (unpaired) electrons. The van der Waals surface area contributed by atoms with Crippen LogP contribution in [-0.2, 0) is 6.54 Å². The fourth-order valence-electron chi connectivity index (χ4n) is 1.85. The number of halogens is 1. The number of nitro groups is 1. The van der Waals surface area contributed by atoms with Gasteiger partial charge in [-0.05, 0) is 0 Å². The van der Waals surface area contributed by atoms with Crippen LogP contribution in [-0.4, -0.2) is 10.7 Å². The Kier molecular flexibility index (Phi) is 5.52. The number of rotatable bonds is 4. The summed E-state index contributed by atoms with van der Waals surface area (Å²) in [6, 6.07) is 11.9. The summed E-state index contributed by atoms with van der Waals surface area (Å²) in [5.74, 6) is -0.0748. The first-order valence-corrected chi connectivity index (χ1v) is 5.81. The fourth-order valence-corrected chi connectivity index (χ4v) is 1.85. The van der Waals surface area contributed by atoms with E-state index < -0.39 is 4.92 Å². The molecule has 20 heavy (non-hydrogen) atoms. The number of carbonyl (C=O) groups is 1. The van der Waals surface area contributed by atoms with Gasteiger partial charge in [0.05, 0.1) is 4.92 Å². The van der Waals surface area contributed by atoms with Gasteiger partial charge in [-0.25, -0.2) is 0 Å². The number of ketones is 1. The van der Waals surface area contributed by atoms with Crippen molar-refractivity contribution < 1.29 is 31.3 Å². The highest BCUT2D eigenvalue weighted by molar-refractivity contribution is 5.94. The lowest BCUT2D eigenvalue weighted by atomic mass is 10.1. The van der Waals surface area contributed by atoms with Gasteiger partial charge >= 0.3 is 5.69 Å². The van der Waals surface area contributed by atoms with E-state index in [-0.39, 0.29) is 35.0 Å². The minimum absolute atomic E-state index is 0. The van der Waals surface area contributed by atoms with E-state index in [9.17, 15) is 14.9 Å². The Balaban J connectivity index is 0.00000200. The molecule has 0 saturated heterocycles. The molecule has 104 valence electrons. The summed E-state index contributed by atoms with van der Waals surface area (Å²) in [4.78, 5) is 22.4. The van der Waals surface area contributed by atoms with E-state index in [1.807, 2.05) is 6.07 Å². The Labute approximate surface area is 126 Å². The average molecular weight is 337 g/mol. The van der Waals surface area contributed by atoms with E-state index in [4.69, 9.17) is 0 Å². The van der Waals surface area contributed by atoms with Crippen LogP contribution < -0.4 is 21.5 Å². The predicted octanol–water partition coefficient (Wildman–Crippen LogP) is -0.922. The molecule has 0 aliphatic carbocycles. The molecule has 2 rings (SSSR count). The number of pyridine rings is 1. The highest BCUT2D eigenvalue weighted by Gasteiger charge is 2.22. The Bertz CT molecular complexity index is 630. The van der Waals surface area contributed by atoms with Gasteiger partial charge in [0.15, 0.2) is 6.20 Å². The van der Waals surface area contributed by atoms with Gasteiger partial charge in [0.25, 0.3) is 5.69 Å². The largest absolute Gasteiger partial charge is 1.00 e. The smallest absolute Gasteiger partial charge is 0.335 e. The summed E-state index contributed by atoms with van der Waals surface area (Å²) in [5, 5.41) is 10.8. The number of carbonyl (C=O) groups excluding carboxylic acids is 1. The SMILES string of the molecule is Cc1c([N+](=O)[O-])ccc[n+]1CC(=O)c1ccccc1.[Br-]. The summed E-state index contributed by atoms with van der Waals surface area (Å²) >= 11 is 0. The van der Waals surface area contributed by atoms with Crippen LogP contribution in [0, 0.1) is 17.0 Å². The predicted molar refractivity (Wildman–Crippen MR) is 68.8 cm³/mol. The number of Topliss-reactive ketones (excluding diaryl/α,β-unsaturated/α-hetero) is 1. The van der Waals surface area contributed by atoms with E-state index in [1.54, 1.807) is 48.0 Å². The second-order valence-corrected chi connectivity index (χ2v) is 4.15. The minimum Gasteiger partial charge on any atom is -1.00 e. The van der Waals surface area contributed by atoms with Crippen molar-refractivity contribution >= 4 is 11.5 Å².